The maximum Gasteiger partial charge on any atom is 0.0604 e. The Morgan fingerprint density at radius 3 is 2.58 bits per heavy atom. The fourth-order valence-electron chi connectivity index (χ4n) is 2.08. The van der Waals surface area contributed by atoms with E-state index in [1.165, 1.54) is 0 Å². The Morgan fingerprint density at radius 1 is 1.50 bits per heavy atom. The standard InChI is InChI=1S/C10H20O2/c1-4-5-10(11)9-6-7(2)12-8(9)3/h7-11H,4-6H2,1-3H3. The number of hydrogen-bond donors (Lipinski definition) is 1. The van der Waals surface area contributed by atoms with E-state index in [0.717, 1.165) is 19.3 Å². The highest BCUT2D eigenvalue weighted by Gasteiger charge is 2.33. The molecule has 1 fully saturated rings. The van der Waals surface area contributed by atoms with Crippen molar-refractivity contribution in [2.75, 3.05) is 0 Å². The van der Waals surface area contributed by atoms with Crippen molar-refractivity contribution in [1.29, 1.82) is 0 Å². The van der Waals surface area contributed by atoms with Crippen molar-refractivity contribution in [3.05, 3.63) is 0 Å². The lowest BCUT2D eigenvalue weighted by Gasteiger charge is -2.19. The fraction of sp³-hybridized carbons (Fsp3) is 1.00. The monoisotopic (exact) mass is 172 g/mol. The molecule has 2 heteroatoms. The first-order chi connectivity index (χ1) is 5.65. The second-order valence-corrected chi connectivity index (χ2v) is 3.91. The molecule has 0 aromatic rings. The number of ether oxygens (including phenoxy) is 1. The molecule has 0 bridgehead atoms. The predicted molar refractivity (Wildman–Crippen MR) is 49.0 cm³/mol. The summed E-state index contributed by atoms with van der Waals surface area (Å²) >= 11 is 0. The SMILES string of the molecule is CCCC(O)C1CC(C)OC1C. The third-order valence-corrected chi connectivity index (χ3v) is 2.73. The van der Waals surface area contributed by atoms with Crippen LogP contribution < -0.4 is 0 Å². The quantitative estimate of drug-likeness (QED) is 0.705. The second kappa shape index (κ2) is 4.24. The summed E-state index contributed by atoms with van der Waals surface area (Å²) in [6.45, 7) is 6.25. The Kier molecular flexibility index (Phi) is 3.53. The van der Waals surface area contributed by atoms with Crippen LogP contribution in [-0.2, 0) is 4.74 Å². The van der Waals surface area contributed by atoms with E-state index in [-0.39, 0.29) is 12.2 Å². The minimum Gasteiger partial charge on any atom is -0.393 e. The highest BCUT2D eigenvalue weighted by atomic mass is 16.5. The first kappa shape index (κ1) is 10.0. The predicted octanol–water partition coefficient (Wildman–Crippen LogP) is 1.96. The molecular weight excluding hydrogens is 152 g/mol. The number of hydrogen-bond acceptors (Lipinski definition) is 2. The Balaban J connectivity index is 2.40. The normalized spacial score (nSPS) is 38.5. The van der Waals surface area contributed by atoms with Crippen LogP contribution >= 0.6 is 0 Å². The zero-order chi connectivity index (χ0) is 9.14. The van der Waals surface area contributed by atoms with E-state index >= 15 is 0 Å². The Hall–Kier alpha value is -0.0800. The van der Waals surface area contributed by atoms with E-state index in [4.69, 9.17) is 4.74 Å². The van der Waals surface area contributed by atoms with E-state index in [2.05, 4.69) is 20.8 Å². The Morgan fingerprint density at radius 2 is 2.17 bits per heavy atom. The highest BCUT2D eigenvalue weighted by molar-refractivity contribution is 4.82. The molecule has 4 unspecified atom stereocenters. The van der Waals surface area contributed by atoms with Gasteiger partial charge < -0.3 is 9.84 Å². The maximum atomic E-state index is 9.76. The molecule has 1 saturated heterocycles. The van der Waals surface area contributed by atoms with Crippen molar-refractivity contribution in [2.45, 2.75) is 58.3 Å². The summed E-state index contributed by atoms with van der Waals surface area (Å²) in [4.78, 5) is 0. The van der Waals surface area contributed by atoms with Crippen LogP contribution in [0.15, 0.2) is 0 Å². The molecule has 2 nitrogen and oxygen atoms in total. The molecule has 1 aliphatic rings. The molecular formula is C10H20O2. The van der Waals surface area contributed by atoms with Gasteiger partial charge in [-0.3, -0.25) is 0 Å². The third kappa shape index (κ3) is 2.20. The zero-order valence-electron chi connectivity index (χ0n) is 8.29. The van der Waals surface area contributed by atoms with Gasteiger partial charge in [0, 0.05) is 5.92 Å². The van der Waals surface area contributed by atoms with Gasteiger partial charge in [0.1, 0.15) is 0 Å². The smallest absolute Gasteiger partial charge is 0.0604 e. The van der Waals surface area contributed by atoms with Gasteiger partial charge in [-0.05, 0) is 26.7 Å². The molecule has 1 N–H and O–H groups in total. The van der Waals surface area contributed by atoms with Crippen LogP contribution in [0.2, 0.25) is 0 Å². The van der Waals surface area contributed by atoms with Crippen molar-refractivity contribution < 1.29 is 9.84 Å². The first-order valence-corrected chi connectivity index (χ1v) is 4.98. The molecule has 12 heavy (non-hydrogen) atoms. The van der Waals surface area contributed by atoms with Gasteiger partial charge in [0.05, 0.1) is 18.3 Å². The molecule has 72 valence electrons. The number of aliphatic hydroxyl groups excluding tert-OH is 1. The number of aliphatic hydroxyl groups is 1. The first-order valence-electron chi connectivity index (χ1n) is 4.98. The lowest BCUT2D eigenvalue weighted by atomic mass is 9.92. The van der Waals surface area contributed by atoms with E-state index in [0.29, 0.717) is 12.0 Å². The lowest BCUT2D eigenvalue weighted by Crippen LogP contribution is -2.25. The van der Waals surface area contributed by atoms with Gasteiger partial charge >= 0.3 is 0 Å². The van der Waals surface area contributed by atoms with Crippen LogP contribution in [0.4, 0.5) is 0 Å². The van der Waals surface area contributed by atoms with Crippen LogP contribution in [0.1, 0.15) is 40.0 Å². The zero-order valence-corrected chi connectivity index (χ0v) is 8.29. The van der Waals surface area contributed by atoms with Crippen LogP contribution in [0.3, 0.4) is 0 Å². The van der Waals surface area contributed by atoms with E-state index < -0.39 is 0 Å². The average molecular weight is 172 g/mol. The maximum absolute atomic E-state index is 9.76. The largest absolute Gasteiger partial charge is 0.393 e. The minimum atomic E-state index is -0.157. The molecule has 0 amide bonds. The molecule has 0 aromatic heterocycles. The summed E-state index contributed by atoms with van der Waals surface area (Å²) < 4.78 is 5.58. The Bertz CT molecular complexity index is 136. The summed E-state index contributed by atoms with van der Waals surface area (Å²) in [5.41, 5.74) is 0. The summed E-state index contributed by atoms with van der Waals surface area (Å²) in [7, 11) is 0. The van der Waals surface area contributed by atoms with Gasteiger partial charge in [-0.15, -0.1) is 0 Å². The lowest BCUT2D eigenvalue weighted by molar-refractivity contribution is 0.0211. The van der Waals surface area contributed by atoms with E-state index in [9.17, 15) is 5.11 Å². The summed E-state index contributed by atoms with van der Waals surface area (Å²) in [5.74, 6) is 0.361. The van der Waals surface area contributed by atoms with Crippen molar-refractivity contribution in [3.8, 4) is 0 Å². The average Bonchev–Trinajstić information content (AvgIpc) is 2.30. The van der Waals surface area contributed by atoms with Crippen LogP contribution in [-0.4, -0.2) is 23.4 Å². The van der Waals surface area contributed by atoms with E-state index in [1.807, 2.05) is 0 Å². The number of rotatable bonds is 3. The molecule has 0 spiro atoms. The molecule has 0 aromatic carbocycles. The Labute approximate surface area is 74.9 Å². The molecule has 1 aliphatic heterocycles. The van der Waals surface area contributed by atoms with Crippen LogP contribution in [0.25, 0.3) is 0 Å². The van der Waals surface area contributed by atoms with E-state index in [1.54, 1.807) is 0 Å². The van der Waals surface area contributed by atoms with Crippen LogP contribution in [0.5, 0.6) is 0 Å². The van der Waals surface area contributed by atoms with Gasteiger partial charge in [0.25, 0.3) is 0 Å². The molecule has 4 atom stereocenters. The third-order valence-electron chi connectivity index (χ3n) is 2.73. The van der Waals surface area contributed by atoms with Gasteiger partial charge in [-0.25, -0.2) is 0 Å². The fourth-order valence-corrected chi connectivity index (χ4v) is 2.08. The second-order valence-electron chi connectivity index (χ2n) is 3.91. The van der Waals surface area contributed by atoms with Crippen molar-refractivity contribution in [2.24, 2.45) is 5.92 Å². The van der Waals surface area contributed by atoms with Gasteiger partial charge in [0.2, 0.25) is 0 Å². The topological polar surface area (TPSA) is 29.5 Å². The van der Waals surface area contributed by atoms with Crippen molar-refractivity contribution in [3.63, 3.8) is 0 Å². The molecule has 0 saturated carbocycles. The molecule has 1 heterocycles. The van der Waals surface area contributed by atoms with Gasteiger partial charge in [-0.2, -0.15) is 0 Å². The van der Waals surface area contributed by atoms with Crippen LogP contribution in [0, 0.1) is 5.92 Å². The van der Waals surface area contributed by atoms with Gasteiger partial charge in [-0.1, -0.05) is 13.3 Å². The summed E-state index contributed by atoms with van der Waals surface area (Å²) in [5, 5.41) is 9.76. The molecule has 0 aliphatic carbocycles. The van der Waals surface area contributed by atoms with Crippen molar-refractivity contribution >= 4 is 0 Å². The van der Waals surface area contributed by atoms with Gasteiger partial charge in [0.15, 0.2) is 0 Å². The molecule has 1 rings (SSSR count). The minimum absolute atomic E-state index is 0.157. The summed E-state index contributed by atoms with van der Waals surface area (Å²) in [6.07, 6.45) is 3.39. The van der Waals surface area contributed by atoms with Crippen molar-refractivity contribution in [1.82, 2.24) is 0 Å². The highest BCUT2D eigenvalue weighted by Crippen LogP contribution is 2.30. The summed E-state index contributed by atoms with van der Waals surface area (Å²) in [6, 6.07) is 0. The molecule has 0 radical (unpaired) electrons.